The summed E-state index contributed by atoms with van der Waals surface area (Å²) in [6, 6.07) is 1.28. The van der Waals surface area contributed by atoms with E-state index in [4.69, 9.17) is 23.2 Å². The summed E-state index contributed by atoms with van der Waals surface area (Å²) in [7, 11) is -3.81. The van der Waals surface area contributed by atoms with E-state index in [-0.39, 0.29) is 15.0 Å². The van der Waals surface area contributed by atoms with E-state index >= 15 is 0 Å². The quantitative estimate of drug-likeness (QED) is 0.874. The van der Waals surface area contributed by atoms with Crippen LogP contribution < -0.4 is 4.72 Å². The van der Waals surface area contributed by atoms with Gasteiger partial charge < -0.3 is 0 Å². The number of anilines is 1. The fourth-order valence-corrected chi connectivity index (χ4v) is 4.41. The molecule has 5 nitrogen and oxygen atoms in total. The van der Waals surface area contributed by atoms with Gasteiger partial charge in [-0.3, -0.25) is 4.72 Å². The van der Waals surface area contributed by atoms with Gasteiger partial charge in [-0.25, -0.2) is 18.4 Å². The fraction of sp³-hybridized carbons (Fsp3) is 0. The first-order valence-electron chi connectivity index (χ1n) is 4.34. The third-order valence-electron chi connectivity index (χ3n) is 1.77. The van der Waals surface area contributed by atoms with Gasteiger partial charge >= 0.3 is 0 Å². The Bertz CT molecular complexity index is 672. The van der Waals surface area contributed by atoms with Crippen molar-refractivity contribution < 1.29 is 8.42 Å². The van der Waals surface area contributed by atoms with Crippen LogP contribution in [0, 0.1) is 0 Å². The second-order valence-electron chi connectivity index (χ2n) is 3.02. The Morgan fingerprint density at radius 1 is 1.28 bits per heavy atom. The summed E-state index contributed by atoms with van der Waals surface area (Å²) in [6.07, 6.45) is 2.66. The molecule has 0 fully saturated rings. The molecule has 0 spiro atoms. The zero-order chi connectivity index (χ0) is 13.3. The molecule has 1 N–H and O–H groups in total. The van der Waals surface area contributed by atoms with Gasteiger partial charge in [0.25, 0.3) is 10.0 Å². The molecule has 2 aromatic heterocycles. The van der Waals surface area contributed by atoms with Crippen LogP contribution in [0.2, 0.25) is 8.67 Å². The molecule has 18 heavy (non-hydrogen) atoms. The fourth-order valence-electron chi connectivity index (χ4n) is 1.07. The molecular weight excluding hydrogens is 385 g/mol. The summed E-state index contributed by atoms with van der Waals surface area (Å²) in [5.41, 5.74) is 0. The molecule has 2 rings (SSSR count). The molecule has 0 amide bonds. The highest BCUT2D eigenvalue weighted by Gasteiger charge is 2.21. The SMILES string of the molecule is O=S(=O)(Nc1cnc(Br)cn1)c1cc(Cl)sc1Cl. The molecule has 0 atom stereocenters. The lowest BCUT2D eigenvalue weighted by atomic mass is 10.7. The van der Waals surface area contributed by atoms with Crippen molar-refractivity contribution in [3.63, 3.8) is 0 Å². The van der Waals surface area contributed by atoms with Crippen LogP contribution in [0.3, 0.4) is 0 Å². The summed E-state index contributed by atoms with van der Waals surface area (Å²) in [4.78, 5) is 7.63. The zero-order valence-corrected chi connectivity index (χ0v) is 13.1. The number of sulfonamides is 1. The first-order valence-corrected chi connectivity index (χ1v) is 8.18. The molecule has 0 bridgehead atoms. The van der Waals surface area contributed by atoms with E-state index in [1.54, 1.807) is 0 Å². The molecule has 0 aliphatic rings. The highest BCUT2D eigenvalue weighted by molar-refractivity contribution is 9.10. The number of aromatic nitrogens is 2. The Kier molecular flexibility index (Phi) is 4.12. The highest BCUT2D eigenvalue weighted by Crippen LogP contribution is 2.34. The van der Waals surface area contributed by atoms with E-state index in [1.807, 2.05) is 0 Å². The van der Waals surface area contributed by atoms with Gasteiger partial charge in [0.05, 0.1) is 16.7 Å². The maximum Gasteiger partial charge on any atom is 0.265 e. The lowest BCUT2D eigenvalue weighted by Gasteiger charge is -2.05. The predicted molar refractivity (Wildman–Crippen MR) is 74.9 cm³/mol. The largest absolute Gasteiger partial charge is 0.265 e. The maximum atomic E-state index is 12.0. The average molecular weight is 389 g/mol. The Labute approximate surface area is 125 Å². The number of nitrogens with one attached hydrogen (secondary N) is 1. The number of hydrogen-bond acceptors (Lipinski definition) is 5. The lowest BCUT2D eigenvalue weighted by molar-refractivity contribution is 0.601. The van der Waals surface area contributed by atoms with Crippen molar-refractivity contribution >= 4 is 66.3 Å². The van der Waals surface area contributed by atoms with E-state index < -0.39 is 10.0 Å². The Balaban J connectivity index is 2.33. The highest BCUT2D eigenvalue weighted by atomic mass is 79.9. The van der Waals surface area contributed by atoms with Crippen molar-refractivity contribution in [1.82, 2.24) is 9.97 Å². The van der Waals surface area contributed by atoms with Crippen LogP contribution in [0.25, 0.3) is 0 Å². The Hall–Kier alpha value is -0.410. The van der Waals surface area contributed by atoms with Crippen molar-refractivity contribution in [2.75, 3.05) is 4.72 Å². The molecule has 96 valence electrons. The summed E-state index contributed by atoms with van der Waals surface area (Å²) in [5.74, 6) is 0.0941. The van der Waals surface area contributed by atoms with Gasteiger partial charge in [-0.2, -0.15) is 0 Å². The van der Waals surface area contributed by atoms with E-state index in [2.05, 4.69) is 30.6 Å². The van der Waals surface area contributed by atoms with Gasteiger partial charge in [0.15, 0.2) is 5.82 Å². The number of halogens is 3. The van der Waals surface area contributed by atoms with Crippen molar-refractivity contribution in [3.05, 3.63) is 31.7 Å². The standard InChI is InChI=1S/C8H4BrCl2N3O2S2/c9-5-2-13-7(3-12-5)14-18(15,16)4-1-6(10)17-8(4)11/h1-3H,(H,13,14). The van der Waals surface area contributed by atoms with Gasteiger partial charge in [-0.05, 0) is 22.0 Å². The minimum atomic E-state index is -3.81. The monoisotopic (exact) mass is 387 g/mol. The van der Waals surface area contributed by atoms with Gasteiger partial charge in [0, 0.05) is 0 Å². The second kappa shape index (κ2) is 5.30. The molecule has 0 aliphatic heterocycles. The molecule has 2 heterocycles. The maximum absolute atomic E-state index is 12.0. The smallest absolute Gasteiger partial charge is 0.262 e. The van der Waals surface area contributed by atoms with Crippen molar-refractivity contribution in [2.24, 2.45) is 0 Å². The summed E-state index contributed by atoms with van der Waals surface area (Å²) < 4.78 is 27.1. The van der Waals surface area contributed by atoms with Crippen LogP contribution in [0.5, 0.6) is 0 Å². The Morgan fingerprint density at radius 2 is 2.00 bits per heavy atom. The number of rotatable bonds is 3. The molecule has 0 radical (unpaired) electrons. The minimum absolute atomic E-state index is 0.0797. The van der Waals surface area contributed by atoms with E-state index in [0.717, 1.165) is 11.3 Å². The zero-order valence-electron chi connectivity index (χ0n) is 8.39. The third-order valence-corrected chi connectivity index (χ3v) is 5.29. The van der Waals surface area contributed by atoms with Crippen LogP contribution in [0.1, 0.15) is 0 Å². The summed E-state index contributed by atoms with van der Waals surface area (Å²) in [6.45, 7) is 0. The van der Waals surface area contributed by atoms with Gasteiger partial charge in [0.2, 0.25) is 0 Å². The van der Waals surface area contributed by atoms with Crippen molar-refractivity contribution in [1.29, 1.82) is 0 Å². The van der Waals surface area contributed by atoms with Crippen LogP contribution in [-0.2, 0) is 10.0 Å². The van der Waals surface area contributed by atoms with Crippen molar-refractivity contribution in [3.8, 4) is 0 Å². The summed E-state index contributed by atoms with van der Waals surface area (Å²) >= 11 is 15.6. The summed E-state index contributed by atoms with van der Waals surface area (Å²) in [5, 5.41) is 0. The number of thiophene rings is 1. The molecule has 0 aromatic carbocycles. The molecule has 10 heteroatoms. The van der Waals surface area contributed by atoms with Crippen LogP contribution in [0.15, 0.2) is 28.0 Å². The molecule has 2 aromatic rings. The average Bonchev–Trinajstić information content (AvgIpc) is 2.62. The lowest BCUT2D eigenvalue weighted by Crippen LogP contribution is -2.13. The Morgan fingerprint density at radius 3 is 2.50 bits per heavy atom. The van der Waals surface area contributed by atoms with Crippen molar-refractivity contribution in [2.45, 2.75) is 4.90 Å². The predicted octanol–water partition coefficient (Wildman–Crippen LogP) is 3.41. The first kappa shape index (κ1) is 14.0. The van der Waals surface area contributed by atoms with Crippen LogP contribution in [0.4, 0.5) is 5.82 Å². The van der Waals surface area contributed by atoms with Gasteiger partial charge in [-0.1, -0.05) is 23.2 Å². The van der Waals surface area contributed by atoms with Crippen LogP contribution >= 0.6 is 50.5 Å². The van der Waals surface area contributed by atoms with Crippen LogP contribution in [-0.4, -0.2) is 18.4 Å². The topological polar surface area (TPSA) is 72.0 Å². The van der Waals surface area contributed by atoms with Gasteiger partial charge in [0.1, 0.15) is 13.8 Å². The molecule has 0 aliphatic carbocycles. The minimum Gasteiger partial charge on any atom is -0.262 e. The number of nitrogens with zero attached hydrogens (tertiary/aromatic N) is 2. The van der Waals surface area contributed by atoms with E-state index in [9.17, 15) is 8.42 Å². The molecular formula is C8H4BrCl2N3O2S2. The normalized spacial score (nSPS) is 11.5. The van der Waals surface area contributed by atoms with Gasteiger partial charge in [-0.15, -0.1) is 11.3 Å². The molecule has 0 saturated carbocycles. The molecule has 0 unspecified atom stereocenters. The first-order chi connectivity index (χ1) is 8.38. The third kappa shape index (κ3) is 3.12. The second-order valence-corrected chi connectivity index (χ2v) is 7.77. The molecule has 0 saturated heterocycles. The van der Waals surface area contributed by atoms with E-state index in [0.29, 0.717) is 8.94 Å². The number of hydrogen-bond donors (Lipinski definition) is 1. The van der Waals surface area contributed by atoms with E-state index in [1.165, 1.54) is 18.5 Å².